The van der Waals surface area contributed by atoms with Crippen LogP contribution in [0.4, 0.5) is 4.39 Å². The van der Waals surface area contributed by atoms with Crippen molar-refractivity contribution in [2.45, 2.75) is 12.3 Å². The van der Waals surface area contributed by atoms with Gasteiger partial charge in [-0.2, -0.15) is 0 Å². The summed E-state index contributed by atoms with van der Waals surface area (Å²) in [5.74, 6) is 1.10. The summed E-state index contributed by atoms with van der Waals surface area (Å²) >= 11 is 6.78. The maximum atomic E-state index is 13.1. The number of rotatable bonds is 3. The second-order valence-corrected chi connectivity index (χ2v) is 5.34. The van der Waals surface area contributed by atoms with Crippen molar-refractivity contribution in [1.29, 1.82) is 0 Å². The molecule has 2 aromatic rings. The molecule has 0 heterocycles. The molecule has 0 fully saturated rings. The van der Waals surface area contributed by atoms with Crippen molar-refractivity contribution in [3.05, 3.63) is 57.8 Å². The third kappa shape index (κ3) is 3.12. The second-order valence-electron chi connectivity index (χ2n) is 3.92. The van der Waals surface area contributed by atoms with E-state index >= 15 is 0 Å². The van der Waals surface area contributed by atoms with E-state index in [1.165, 1.54) is 12.1 Å². The van der Waals surface area contributed by atoms with E-state index in [4.69, 9.17) is 4.74 Å². The van der Waals surface area contributed by atoms with Crippen LogP contribution in [-0.4, -0.2) is 0 Å². The predicted molar refractivity (Wildman–Crippen MR) is 78.0 cm³/mol. The SMILES string of the molecule is Cc1ccc(Oc2ccc(F)cc2CBr)c(Br)c1. The molecule has 0 radical (unpaired) electrons. The van der Waals surface area contributed by atoms with Gasteiger partial charge in [0.2, 0.25) is 0 Å². The zero-order valence-electron chi connectivity index (χ0n) is 9.71. The lowest BCUT2D eigenvalue weighted by atomic mass is 10.2. The van der Waals surface area contributed by atoms with E-state index in [2.05, 4.69) is 31.9 Å². The molecule has 4 heteroatoms. The van der Waals surface area contributed by atoms with Gasteiger partial charge in [0.1, 0.15) is 17.3 Å². The highest BCUT2D eigenvalue weighted by atomic mass is 79.9. The molecule has 0 saturated carbocycles. The number of hydrogen-bond acceptors (Lipinski definition) is 1. The Bertz CT molecular complexity index is 570. The minimum absolute atomic E-state index is 0.264. The van der Waals surface area contributed by atoms with E-state index in [-0.39, 0.29) is 5.82 Å². The monoisotopic (exact) mass is 372 g/mol. The average Bonchev–Trinajstić information content (AvgIpc) is 2.34. The van der Waals surface area contributed by atoms with E-state index in [0.717, 1.165) is 21.3 Å². The van der Waals surface area contributed by atoms with Crippen LogP contribution in [0.25, 0.3) is 0 Å². The quantitative estimate of drug-likeness (QED) is 0.637. The van der Waals surface area contributed by atoms with Gasteiger partial charge in [-0.1, -0.05) is 22.0 Å². The molecule has 94 valence electrons. The topological polar surface area (TPSA) is 9.23 Å². The number of aryl methyl sites for hydroxylation is 1. The van der Waals surface area contributed by atoms with Gasteiger partial charge in [0, 0.05) is 10.9 Å². The molecule has 0 atom stereocenters. The van der Waals surface area contributed by atoms with E-state index in [0.29, 0.717) is 11.1 Å². The van der Waals surface area contributed by atoms with Crippen molar-refractivity contribution in [1.82, 2.24) is 0 Å². The zero-order chi connectivity index (χ0) is 13.1. The maximum absolute atomic E-state index is 13.1. The fraction of sp³-hybridized carbons (Fsp3) is 0.143. The molecule has 0 saturated heterocycles. The van der Waals surface area contributed by atoms with Crippen LogP contribution in [-0.2, 0) is 5.33 Å². The van der Waals surface area contributed by atoms with Gasteiger partial charge in [-0.05, 0) is 58.7 Å². The Morgan fingerprint density at radius 1 is 1.11 bits per heavy atom. The highest BCUT2D eigenvalue weighted by molar-refractivity contribution is 9.10. The highest BCUT2D eigenvalue weighted by Gasteiger charge is 2.08. The van der Waals surface area contributed by atoms with Crippen LogP contribution in [0.1, 0.15) is 11.1 Å². The molecule has 0 amide bonds. The average molecular weight is 374 g/mol. The first-order chi connectivity index (χ1) is 8.60. The molecule has 0 N–H and O–H groups in total. The first-order valence-electron chi connectivity index (χ1n) is 5.38. The Morgan fingerprint density at radius 2 is 1.83 bits per heavy atom. The third-order valence-electron chi connectivity index (χ3n) is 2.47. The van der Waals surface area contributed by atoms with Crippen LogP contribution in [0.2, 0.25) is 0 Å². The van der Waals surface area contributed by atoms with Gasteiger partial charge in [-0.25, -0.2) is 4.39 Å². The first-order valence-corrected chi connectivity index (χ1v) is 7.30. The van der Waals surface area contributed by atoms with E-state index in [9.17, 15) is 4.39 Å². The van der Waals surface area contributed by atoms with Crippen molar-refractivity contribution in [3.63, 3.8) is 0 Å². The van der Waals surface area contributed by atoms with Gasteiger partial charge in [-0.3, -0.25) is 0 Å². The van der Waals surface area contributed by atoms with Crippen molar-refractivity contribution in [2.75, 3.05) is 0 Å². The summed E-state index contributed by atoms with van der Waals surface area (Å²) in [6.45, 7) is 2.01. The molecule has 1 nitrogen and oxygen atoms in total. The molecule has 0 aliphatic rings. The number of halogens is 3. The van der Waals surface area contributed by atoms with Crippen molar-refractivity contribution >= 4 is 31.9 Å². The lowest BCUT2D eigenvalue weighted by Crippen LogP contribution is -1.91. The van der Waals surface area contributed by atoms with Crippen molar-refractivity contribution in [3.8, 4) is 11.5 Å². The Hall–Kier alpha value is -0.870. The fourth-order valence-electron chi connectivity index (χ4n) is 1.56. The second kappa shape index (κ2) is 5.85. The van der Waals surface area contributed by atoms with Crippen LogP contribution in [0.5, 0.6) is 11.5 Å². The van der Waals surface area contributed by atoms with Crippen LogP contribution in [0.15, 0.2) is 40.9 Å². The Labute approximate surface area is 122 Å². The van der Waals surface area contributed by atoms with Gasteiger partial charge in [0.05, 0.1) is 4.47 Å². The molecular formula is C14H11Br2FO. The first kappa shape index (κ1) is 13.6. The fourth-order valence-corrected chi connectivity index (χ4v) is 2.57. The number of benzene rings is 2. The van der Waals surface area contributed by atoms with E-state index < -0.39 is 0 Å². The van der Waals surface area contributed by atoms with Crippen LogP contribution in [0, 0.1) is 12.7 Å². The molecule has 18 heavy (non-hydrogen) atoms. The number of hydrogen-bond donors (Lipinski definition) is 0. The van der Waals surface area contributed by atoms with Gasteiger partial charge in [-0.15, -0.1) is 0 Å². The van der Waals surface area contributed by atoms with Crippen molar-refractivity contribution < 1.29 is 9.13 Å². The zero-order valence-corrected chi connectivity index (χ0v) is 12.9. The molecule has 2 aromatic carbocycles. The summed E-state index contributed by atoms with van der Waals surface area (Å²) in [5.41, 5.74) is 1.93. The van der Waals surface area contributed by atoms with Crippen LogP contribution >= 0.6 is 31.9 Å². The Kier molecular flexibility index (Phi) is 4.40. The summed E-state index contributed by atoms with van der Waals surface area (Å²) < 4.78 is 19.8. The summed E-state index contributed by atoms with van der Waals surface area (Å²) in [4.78, 5) is 0. The summed E-state index contributed by atoms with van der Waals surface area (Å²) in [6.07, 6.45) is 0. The molecule has 0 aliphatic carbocycles. The van der Waals surface area contributed by atoms with Gasteiger partial charge in [0.15, 0.2) is 0 Å². The molecule has 0 aliphatic heterocycles. The molecule has 0 bridgehead atoms. The van der Waals surface area contributed by atoms with Gasteiger partial charge >= 0.3 is 0 Å². The summed E-state index contributed by atoms with van der Waals surface area (Å²) in [7, 11) is 0. The highest BCUT2D eigenvalue weighted by Crippen LogP contribution is 2.33. The largest absolute Gasteiger partial charge is 0.456 e. The van der Waals surface area contributed by atoms with Crippen molar-refractivity contribution in [2.24, 2.45) is 0 Å². The predicted octanol–water partition coefficient (Wildman–Crippen LogP) is 5.58. The normalized spacial score (nSPS) is 10.4. The Morgan fingerprint density at radius 3 is 2.50 bits per heavy atom. The minimum Gasteiger partial charge on any atom is -0.456 e. The van der Waals surface area contributed by atoms with Gasteiger partial charge < -0.3 is 4.74 Å². The van der Waals surface area contributed by atoms with E-state index in [1.54, 1.807) is 6.07 Å². The third-order valence-corrected chi connectivity index (χ3v) is 3.70. The Balaban J connectivity index is 2.33. The maximum Gasteiger partial charge on any atom is 0.141 e. The molecule has 2 rings (SSSR count). The smallest absolute Gasteiger partial charge is 0.141 e. The lowest BCUT2D eigenvalue weighted by Gasteiger charge is -2.11. The molecule has 0 unspecified atom stereocenters. The number of ether oxygens (including phenoxy) is 1. The van der Waals surface area contributed by atoms with E-state index in [1.807, 2.05) is 25.1 Å². The van der Waals surface area contributed by atoms with Crippen LogP contribution < -0.4 is 4.74 Å². The minimum atomic E-state index is -0.264. The number of alkyl halides is 1. The molecule has 0 spiro atoms. The lowest BCUT2D eigenvalue weighted by molar-refractivity contribution is 0.473. The molecule has 0 aromatic heterocycles. The van der Waals surface area contributed by atoms with Gasteiger partial charge in [0.25, 0.3) is 0 Å². The summed E-state index contributed by atoms with van der Waals surface area (Å²) in [5, 5.41) is 0.545. The standard InChI is InChI=1S/C14H11Br2FO/c1-9-2-4-14(12(16)6-9)18-13-5-3-11(17)7-10(13)8-15/h2-7H,8H2,1H3. The summed E-state index contributed by atoms with van der Waals surface area (Å²) in [6, 6.07) is 10.3. The molecular weight excluding hydrogens is 363 g/mol. The van der Waals surface area contributed by atoms with Crippen LogP contribution in [0.3, 0.4) is 0 Å².